The molecule has 1 amide bonds. The molecule has 0 N–H and O–H groups in total. The monoisotopic (exact) mass is 376 g/mol. The Kier molecular flexibility index (Phi) is 4.97. The van der Waals surface area contributed by atoms with Crippen molar-refractivity contribution >= 4 is 25.7 Å². The van der Waals surface area contributed by atoms with Crippen LogP contribution in [0.2, 0.25) is 19.6 Å². The van der Waals surface area contributed by atoms with Crippen molar-refractivity contribution in [2.45, 2.75) is 25.7 Å². The molecule has 6 heteroatoms. The zero-order valence-corrected chi connectivity index (χ0v) is 16.5. The number of hydrogen-bond donors (Lipinski definition) is 0. The first kappa shape index (κ1) is 18.6. The second-order valence-electron chi connectivity index (χ2n) is 7.35. The van der Waals surface area contributed by atoms with E-state index in [0.717, 1.165) is 0 Å². The van der Waals surface area contributed by atoms with Crippen LogP contribution in [0.5, 0.6) is 0 Å². The number of amides is 1. The van der Waals surface area contributed by atoms with Gasteiger partial charge in [0, 0.05) is 23.4 Å². The quantitative estimate of drug-likeness (QED) is 0.332. The minimum absolute atomic E-state index is 0.0235. The highest BCUT2D eigenvalue weighted by atomic mass is 28.3. The van der Waals surface area contributed by atoms with Gasteiger partial charge in [-0.05, 0) is 18.2 Å². The smallest absolute Gasteiger partial charge is 0.277 e. The number of hydrogen-bond acceptors (Lipinski definition) is 3. The fourth-order valence-electron chi connectivity index (χ4n) is 2.89. The summed E-state index contributed by atoms with van der Waals surface area (Å²) >= 11 is 0. The number of nitrogens with zero attached hydrogens (tertiary/aromatic N) is 2. The molecule has 3 rings (SSSR count). The Labute approximate surface area is 159 Å². The van der Waals surface area contributed by atoms with E-state index in [1.54, 1.807) is 41.4 Å². The zero-order chi connectivity index (χ0) is 19.6. The Hall–Kier alpha value is -3.17. The molecule has 1 heterocycles. The van der Waals surface area contributed by atoms with Crippen LogP contribution in [-0.4, -0.2) is 23.8 Å². The summed E-state index contributed by atoms with van der Waals surface area (Å²) in [6, 6.07) is 13.3. The van der Waals surface area contributed by atoms with Crippen LogP contribution in [0.4, 0.5) is 5.69 Å². The van der Waals surface area contributed by atoms with Crippen molar-refractivity contribution in [3.05, 3.63) is 81.5 Å². The molecule has 1 unspecified atom stereocenters. The third-order valence-electron chi connectivity index (χ3n) is 4.13. The predicted octanol–water partition coefficient (Wildman–Crippen LogP) is 4.64. The third kappa shape index (κ3) is 3.99. The highest BCUT2D eigenvalue weighted by molar-refractivity contribution is 6.83. The molecule has 27 heavy (non-hydrogen) atoms. The molecule has 2 aromatic rings. The van der Waals surface area contributed by atoms with Crippen LogP contribution in [0.1, 0.15) is 27.5 Å². The van der Waals surface area contributed by atoms with Crippen molar-refractivity contribution in [3.8, 4) is 11.5 Å². The lowest BCUT2D eigenvalue weighted by molar-refractivity contribution is -0.385. The largest absolute Gasteiger partial charge is 0.296 e. The maximum absolute atomic E-state index is 13.0. The lowest BCUT2D eigenvalue weighted by Crippen LogP contribution is -2.32. The molecule has 1 atom stereocenters. The number of fused-ring (bicyclic) bond motifs is 1. The van der Waals surface area contributed by atoms with E-state index in [0.29, 0.717) is 16.7 Å². The van der Waals surface area contributed by atoms with E-state index >= 15 is 0 Å². The van der Waals surface area contributed by atoms with Gasteiger partial charge in [-0.15, -0.1) is 5.54 Å². The van der Waals surface area contributed by atoms with Gasteiger partial charge < -0.3 is 0 Å². The number of nitro benzene ring substituents is 1. The molecule has 2 aromatic carbocycles. The SMILES string of the molecule is C[Si](C)(C)C#CC1c2cccc([N+](=O)[O-])c2C=CN1C(=O)c1ccccc1. The summed E-state index contributed by atoms with van der Waals surface area (Å²) in [6.07, 6.45) is 3.23. The summed E-state index contributed by atoms with van der Waals surface area (Å²) in [7, 11) is -1.70. The van der Waals surface area contributed by atoms with Gasteiger partial charge in [-0.25, -0.2) is 0 Å². The van der Waals surface area contributed by atoms with Crippen molar-refractivity contribution in [1.82, 2.24) is 4.90 Å². The maximum atomic E-state index is 13.0. The van der Waals surface area contributed by atoms with Crippen LogP contribution >= 0.6 is 0 Å². The minimum atomic E-state index is -1.70. The first-order valence-corrected chi connectivity index (χ1v) is 12.1. The van der Waals surface area contributed by atoms with E-state index in [9.17, 15) is 14.9 Å². The third-order valence-corrected chi connectivity index (χ3v) is 5.02. The number of nitro groups is 1. The predicted molar refractivity (Wildman–Crippen MR) is 109 cm³/mol. The summed E-state index contributed by atoms with van der Waals surface area (Å²) in [5, 5.41) is 11.4. The van der Waals surface area contributed by atoms with E-state index in [1.165, 1.54) is 6.07 Å². The average molecular weight is 376 g/mol. The molecule has 0 aromatic heterocycles. The molecule has 136 valence electrons. The van der Waals surface area contributed by atoms with Gasteiger partial charge in [-0.3, -0.25) is 19.8 Å². The van der Waals surface area contributed by atoms with Gasteiger partial charge in [0.25, 0.3) is 11.6 Å². The summed E-state index contributed by atoms with van der Waals surface area (Å²) in [6.45, 7) is 6.36. The fraction of sp³-hybridized carbons (Fsp3) is 0.190. The molecule has 1 aliphatic rings. The van der Waals surface area contributed by atoms with E-state index in [-0.39, 0.29) is 11.6 Å². The molecular weight excluding hydrogens is 356 g/mol. The summed E-state index contributed by atoms with van der Waals surface area (Å²) in [4.78, 5) is 25.6. The molecule has 0 bridgehead atoms. The molecule has 0 radical (unpaired) electrons. The van der Waals surface area contributed by atoms with Crippen LogP contribution in [0.25, 0.3) is 6.08 Å². The normalized spacial score (nSPS) is 15.5. The first-order valence-electron chi connectivity index (χ1n) is 8.64. The Morgan fingerprint density at radius 1 is 1.11 bits per heavy atom. The van der Waals surface area contributed by atoms with E-state index < -0.39 is 19.0 Å². The molecule has 0 saturated carbocycles. The summed E-state index contributed by atoms with van der Waals surface area (Å²) in [5.74, 6) is 3.05. The summed E-state index contributed by atoms with van der Waals surface area (Å²) < 4.78 is 0. The van der Waals surface area contributed by atoms with Gasteiger partial charge >= 0.3 is 0 Å². The average Bonchev–Trinajstić information content (AvgIpc) is 2.64. The van der Waals surface area contributed by atoms with Crippen LogP contribution in [0.3, 0.4) is 0 Å². The van der Waals surface area contributed by atoms with Crippen LogP contribution in [0.15, 0.2) is 54.7 Å². The lowest BCUT2D eigenvalue weighted by Gasteiger charge is -2.30. The number of carbonyl (C=O) groups is 1. The second kappa shape index (κ2) is 7.21. The van der Waals surface area contributed by atoms with Crippen molar-refractivity contribution in [2.75, 3.05) is 0 Å². The second-order valence-corrected chi connectivity index (χ2v) is 12.1. The molecule has 5 nitrogen and oxygen atoms in total. The number of carbonyl (C=O) groups excluding carboxylic acids is 1. The number of benzene rings is 2. The van der Waals surface area contributed by atoms with Gasteiger partial charge in [0.2, 0.25) is 0 Å². The van der Waals surface area contributed by atoms with E-state index in [2.05, 4.69) is 31.1 Å². The number of rotatable bonds is 2. The standard InChI is InChI=1S/C21H20N2O3Si/c1-27(2,3)15-13-19-17-10-7-11-20(23(25)26)18(17)12-14-22(19)21(24)16-8-5-4-6-9-16/h4-12,14,19H,1-3H3. The molecule has 0 saturated heterocycles. The van der Waals surface area contributed by atoms with Crippen molar-refractivity contribution < 1.29 is 9.72 Å². The van der Waals surface area contributed by atoms with E-state index in [1.807, 2.05) is 18.2 Å². The van der Waals surface area contributed by atoms with Crippen LogP contribution < -0.4 is 0 Å². The van der Waals surface area contributed by atoms with Gasteiger partial charge in [0.15, 0.2) is 0 Å². The molecule has 1 aliphatic heterocycles. The Morgan fingerprint density at radius 3 is 2.44 bits per heavy atom. The van der Waals surface area contributed by atoms with Crippen LogP contribution in [0, 0.1) is 21.6 Å². The summed E-state index contributed by atoms with van der Waals surface area (Å²) in [5.41, 5.74) is 5.07. The maximum Gasteiger partial charge on any atom is 0.277 e. The van der Waals surface area contributed by atoms with Gasteiger partial charge in [0.1, 0.15) is 14.1 Å². The first-order chi connectivity index (χ1) is 12.8. The van der Waals surface area contributed by atoms with Gasteiger partial charge in [-0.2, -0.15) is 0 Å². The zero-order valence-electron chi connectivity index (χ0n) is 15.5. The van der Waals surface area contributed by atoms with Crippen molar-refractivity contribution in [2.24, 2.45) is 0 Å². The Bertz CT molecular complexity index is 982. The molecule has 0 spiro atoms. The Morgan fingerprint density at radius 2 is 1.81 bits per heavy atom. The highest BCUT2D eigenvalue weighted by Crippen LogP contribution is 2.36. The van der Waals surface area contributed by atoms with Crippen molar-refractivity contribution in [1.29, 1.82) is 0 Å². The highest BCUT2D eigenvalue weighted by Gasteiger charge is 2.31. The Balaban J connectivity index is 2.13. The fourth-order valence-corrected chi connectivity index (χ4v) is 3.46. The molecule has 0 aliphatic carbocycles. The van der Waals surface area contributed by atoms with Gasteiger partial charge in [0.05, 0.1) is 10.5 Å². The van der Waals surface area contributed by atoms with Crippen molar-refractivity contribution in [3.63, 3.8) is 0 Å². The van der Waals surface area contributed by atoms with E-state index in [4.69, 9.17) is 0 Å². The molecular formula is C21H20N2O3Si. The minimum Gasteiger partial charge on any atom is -0.296 e. The van der Waals surface area contributed by atoms with Gasteiger partial charge in [-0.1, -0.05) is 55.9 Å². The van der Waals surface area contributed by atoms with Crippen LogP contribution in [-0.2, 0) is 0 Å². The topological polar surface area (TPSA) is 63.5 Å². The molecule has 0 fully saturated rings. The lowest BCUT2D eigenvalue weighted by atomic mass is 9.94.